The number of halogens is 7. The zero-order valence-corrected chi connectivity index (χ0v) is 20.9. The standard InChI is InChI=1S/C24H14BrCl3F3NO2/c25-22-17(30)8-12(9-18(22)31)20-21(24(20,27)28)23(34)32-14-5-6-16(26)15(10-14)19(33)7-11-1-3-13(29)4-2-11/h1-6,8-10,20-21H,7H2,(H,32,34). The van der Waals surface area contributed by atoms with Crippen molar-refractivity contribution in [3.05, 3.63) is 98.2 Å². The highest BCUT2D eigenvalue weighted by molar-refractivity contribution is 9.10. The molecule has 3 aromatic carbocycles. The van der Waals surface area contributed by atoms with Crippen LogP contribution in [0.15, 0.2) is 59.1 Å². The van der Waals surface area contributed by atoms with E-state index in [4.69, 9.17) is 34.8 Å². The molecular weight excluding hydrogens is 578 g/mol. The van der Waals surface area contributed by atoms with Crippen molar-refractivity contribution in [1.82, 2.24) is 0 Å². The van der Waals surface area contributed by atoms with Crippen LogP contribution < -0.4 is 5.32 Å². The monoisotopic (exact) mass is 589 g/mol. The van der Waals surface area contributed by atoms with E-state index in [-0.39, 0.29) is 38.5 Å². The van der Waals surface area contributed by atoms with Crippen LogP contribution in [0.4, 0.5) is 18.9 Å². The third kappa shape index (κ3) is 4.98. The third-order valence-corrected chi connectivity index (χ3v) is 7.54. The van der Waals surface area contributed by atoms with Crippen molar-refractivity contribution in [2.24, 2.45) is 5.92 Å². The summed E-state index contributed by atoms with van der Waals surface area (Å²) in [6, 6.07) is 12.0. The predicted molar refractivity (Wildman–Crippen MR) is 129 cm³/mol. The van der Waals surface area contributed by atoms with Gasteiger partial charge in [-0.3, -0.25) is 9.59 Å². The number of alkyl halides is 2. The average Bonchev–Trinajstić information content (AvgIpc) is 3.36. The maximum absolute atomic E-state index is 14.0. The lowest BCUT2D eigenvalue weighted by Crippen LogP contribution is -2.17. The van der Waals surface area contributed by atoms with E-state index in [9.17, 15) is 22.8 Å². The highest BCUT2D eigenvalue weighted by Gasteiger charge is 2.67. The van der Waals surface area contributed by atoms with Gasteiger partial charge in [0.25, 0.3) is 0 Å². The summed E-state index contributed by atoms with van der Waals surface area (Å²) >= 11 is 21.5. The lowest BCUT2D eigenvalue weighted by molar-refractivity contribution is -0.117. The quantitative estimate of drug-likeness (QED) is 0.184. The van der Waals surface area contributed by atoms with E-state index in [0.717, 1.165) is 12.1 Å². The zero-order valence-electron chi connectivity index (χ0n) is 17.0. The van der Waals surface area contributed by atoms with Crippen LogP contribution >= 0.6 is 50.7 Å². The molecule has 0 aliphatic heterocycles. The molecule has 1 aliphatic rings. The molecule has 176 valence electrons. The number of nitrogens with one attached hydrogen (secondary N) is 1. The maximum Gasteiger partial charge on any atom is 0.231 e. The van der Waals surface area contributed by atoms with Crippen LogP contribution in [-0.2, 0) is 11.2 Å². The van der Waals surface area contributed by atoms with Crippen molar-refractivity contribution < 1.29 is 22.8 Å². The number of carbonyl (C=O) groups is 2. The highest BCUT2D eigenvalue weighted by Crippen LogP contribution is 2.65. The van der Waals surface area contributed by atoms with E-state index in [0.29, 0.717) is 5.56 Å². The first-order chi connectivity index (χ1) is 16.0. The number of hydrogen-bond acceptors (Lipinski definition) is 2. The Morgan fingerprint density at radius 2 is 1.59 bits per heavy atom. The minimum Gasteiger partial charge on any atom is -0.326 e. The fraction of sp³-hybridized carbons (Fsp3) is 0.167. The van der Waals surface area contributed by atoms with Gasteiger partial charge in [-0.25, -0.2) is 13.2 Å². The molecule has 1 saturated carbocycles. The molecule has 1 aliphatic carbocycles. The average molecular weight is 592 g/mol. The second-order valence-corrected chi connectivity index (χ2v) is 10.5. The van der Waals surface area contributed by atoms with Gasteiger partial charge in [-0.05, 0) is 69.5 Å². The molecular formula is C24H14BrCl3F3NO2. The van der Waals surface area contributed by atoms with Gasteiger partial charge in [-0.15, -0.1) is 23.2 Å². The Labute approximate surface area is 216 Å². The molecule has 0 bridgehead atoms. The summed E-state index contributed by atoms with van der Waals surface area (Å²) in [5, 5.41) is 2.81. The van der Waals surface area contributed by atoms with Gasteiger partial charge in [0.15, 0.2) is 5.78 Å². The van der Waals surface area contributed by atoms with E-state index in [2.05, 4.69) is 21.2 Å². The fourth-order valence-corrected chi connectivity index (χ4v) is 5.02. The normalized spacial score (nSPS) is 18.4. The molecule has 1 amide bonds. The fourth-order valence-electron chi connectivity index (χ4n) is 3.74. The Hall–Kier alpha value is -2.06. The summed E-state index contributed by atoms with van der Waals surface area (Å²) < 4.78 is 39.1. The van der Waals surface area contributed by atoms with Gasteiger partial charge in [0.1, 0.15) is 21.8 Å². The number of amides is 1. The number of rotatable bonds is 6. The smallest absolute Gasteiger partial charge is 0.231 e. The SMILES string of the molecule is O=C(Cc1ccc(F)cc1)c1cc(NC(=O)C2C(c3cc(F)c(Br)c(F)c3)C2(Cl)Cl)ccc1Cl. The van der Waals surface area contributed by atoms with Crippen LogP contribution in [0.1, 0.15) is 27.4 Å². The lowest BCUT2D eigenvalue weighted by atomic mass is 10.0. The Bertz CT molecular complexity index is 1280. The van der Waals surface area contributed by atoms with Crippen LogP contribution in [0.25, 0.3) is 0 Å². The molecule has 0 heterocycles. The molecule has 4 rings (SSSR count). The number of ketones is 1. The molecule has 1 fully saturated rings. The summed E-state index contributed by atoms with van der Waals surface area (Å²) in [5.74, 6) is -4.83. The van der Waals surface area contributed by atoms with Crippen molar-refractivity contribution in [3.8, 4) is 0 Å². The molecule has 0 radical (unpaired) electrons. The number of anilines is 1. The summed E-state index contributed by atoms with van der Waals surface area (Å²) in [7, 11) is 0. The Balaban J connectivity index is 1.51. The number of Topliss-reactive ketones (excluding diaryl/α,β-unsaturated/α-hetero) is 1. The molecule has 2 atom stereocenters. The van der Waals surface area contributed by atoms with Crippen molar-refractivity contribution in [3.63, 3.8) is 0 Å². The Morgan fingerprint density at radius 1 is 0.971 bits per heavy atom. The van der Waals surface area contributed by atoms with E-state index < -0.39 is 39.5 Å². The van der Waals surface area contributed by atoms with Crippen molar-refractivity contribution in [2.75, 3.05) is 5.32 Å². The molecule has 34 heavy (non-hydrogen) atoms. The maximum atomic E-state index is 14.0. The van der Waals surface area contributed by atoms with E-state index in [1.807, 2.05) is 0 Å². The summed E-state index contributed by atoms with van der Waals surface area (Å²) in [4.78, 5) is 25.6. The van der Waals surface area contributed by atoms with Crippen LogP contribution in [-0.4, -0.2) is 16.0 Å². The molecule has 3 nitrogen and oxygen atoms in total. The second kappa shape index (κ2) is 9.53. The van der Waals surface area contributed by atoms with Gasteiger partial charge in [0, 0.05) is 23.6 Å². The van der Waals surface area contributed by atoms with Crippen LogP contribution in [0, 0.1) is 23.4 Å². The molecule has 0 spiro atoms. The van der Waals surface area contributed by atoms with Crippen molar-refractivity contribution >= 4 is 68.1 Å². The van der Waals surface area contributed by atoms with E-state index in [1.54, 1.807) is 0 Å². The minimum absolute atomic E-state index is 0.0186. The topological polar surface area (TPSA) is 46.2 Å². The second-order valence-electron chi connectivity index (χ2n) is 7.84. The van der Waals surface area contributed by atoms with E-state index in [1.165, 1.54) is 42.5 Å². The Kier molecular flexibility index (Phi) is 7.02. The molecule has 1 N–H and O–H groups in total. The van der Waals surface area contributed by atoms with Gasteiger partial charge in [-0.1, -0.05) is 23.7 Å². The van der Waals surface area contributed by atoms with Crippen molar-refractivity contribution in [1.29, 1.82) is 0 Å². The van der Waals surface area contributed by atoms with Gasteiger partial charge < -0.3 is 5.32 Å². The number of carbonyl (C=O) groups excluding carboxylic acids is 2. The minimum atomic E-state index is -1.57. The van der Waals surface area contributed by atoms with Gasteiger partial charge >= 0.3 is 0 Å². The first-order valence-corrected chi connectivity index (χ1v) is 11.8. The van der Waals surface area contributed by atoms with Crippen LogP contribution in [0.5, 0.6) is 0 Å². The van der Waals surface area contributed by atoms with Gasteiger partial charge in [-0.2, -0.15) is 0 Å². The van der Waals surface area contributed by atoms with Gasteiger partial charge in [0.2, 0.25) is 5.91 Å². The molecule has 2 unspecified atom stereocenters. The van der Waals surface area contributed by atoms with Gasteiger partial charge in [0.05, 0.1) is 15.4 Å². The molecule has 0 saturated heterocycles. The third-order valence-electron chi connectivity index (χ3n) is 5.51. The molecule has 0 aromatic heterocycles. The van der Waals surface area contributed by atoms with E-state index >= 15 is 0 Å². The highest BCUT2D eigenvalue weighted by atomic mass is 79.9. The first kappa shape index (κ1) is 25.0. The first-order valence-electron chi connectivity index (χ1n) is 9.89. The van der Waals surface area contributed by atoms with Crippen LogP contribution in [0.3, 0.4) is 0 Å². The predicted octanol–water partition coefficient (Wildman–Crippen LogP) is 7.47. The summed E-state index contributed by atoms with van der Waals surface area (Å²) in [5.41, 5.74) is 1.17. The van der Waals surface area contributed by atoms with Crippen molar-refractivity contribution in [2.45, 2.75) is 16.7 Å². The summed E-state index contributed by atoms with van der Waals surface area (Å²) in [6.45, 7) is 0. The Morgan fingerprint density at radius 3 is 2.21 bits per heavy atom. The number of hydrogen-bond donors (Lipinski definition) is 1. The van der Waals surface area contributed by atoms with Crippen LogP contribution in [0.2, 0.25) is 5.02 Å². The zero-order chi connectivity index (χ0) is 24.8. The largest absolute Gasteiger partial charge is 0.326 e. The lowest BCUT2D eigenvalue weighted by Gasteiger charge is -2.09. The summed E-state index contributed by atoms with van der Waals surface area (Å²) in [6.07, 6.45) is -0.0186. The molecule has 10 heteroatoms. The molecule has 3 aromatic rings. The number of benzene rings is 3.